The molecule has 0 aliphatic rings. The molecule has 0 saturated carbocycles. The second kappa shape index (κ2) is 8.64. The fraction of sp³-hybridized carbons (Fsp3) is 0.875. The molecule has 0 aromatic carbocycles. The Morgan fingerprint density at radius 1 is 1.17 bits per heavy atom. The van der Waals surface area contributed by atoms with E-state index in [0.29, 0.717) is 26.6 Å². The number of aliphatic hydroxyl groups is 1. The molecule has 4 heteroatoms. The summed E-state index contributed by atoms with van der Waals surface area (Å²) in [6, 6.07) is 0. The van der Waals surface area contributed by atoms with Crippen LogP contribution in [0.25, 0.3) is 0 Å². The van der Waals surface area contributed by atoms with E-state index in [1.807, 2.05) is 13.8 Å². The van der Waals surface area contributed by atoms with E-state index >= 15 is 0 Å². The lowest BCUT2D eigenvalue weighted by molar-refractivity contribution is 0.0355. The van der Waals surface area contributed by atoms with Crippen molar-refractivity contribution in [3.8, 4) is 0 Å². The molecule has 0 aliphatic heterocycles. The highest BCUT2D eigenvalue weighted by Gasteiger charge is 1.87. The lowest BCUT2D eigenvalue weighted by Crippen LogP contribution is -2.07. The van der Waals surface area contributed by atoms with E-state index in [2.05, 4.69) is 4.99 Å². The zero-order valence-electron chi connectivity index (χ0n) is 7.75. The topological polar surface area (TPSA) is 51.0 Å². The molecule has 0 aliphatic carbocycles. The predicted octanol–water partition coefficient (Wildman–Crippen LogP) is 0.450. The van der Waals surface area contributed by atoms with E-state index in [-0.39, 0.29) is 6.61 Å². The van der Waals surface area contributed by atoms with E-state index < -0.39 is 0 Å². The normalized spacial score (nSPS) is 9.92. The fourth-order valence-electron chi connectivity index (χ4n) is 0.524. The van der Waals surface area contributed by atoms with Crippen molar-refractivity contribution in [2.75, 3.05) is 33.2 Å². The van der Waals surface area contributed by atoms with Gasteiger partial charge in [0.2, 0.25) is 0 Å². The summed E-state index contributed by atoms with van der Waals surface area (Å²) in [6.45, 7) is 5.71. The Balaban J connectivity index is 2.96. The Morgan fingerprint density at radius 2 is 1.83 bits per heavy atom. The molecule has 0 amide bonds. The first-order chi connectivity index (χ1) is 5.77. The van der Waals surface area contributed by atoms with Crippen molar-refractivity contribution >= 4 is 5.71 Å². The molecule has 0 radical (unpaired) electrons. The van der Waals surface area contributed by atoms with Gasteiger partial charge in [-0.1, -0.05) is 0 Å². The molecule has 0 bridgehead atoms. The summed E-state index contributed by atoms with van der Waals surface area (Å²) in [5, 5.41) is 8.35. The third-order valence-corrected chi connectivity index (χ3v) is 1.08. The molecule has 0 unspecified atom stereocenters. The molecule has 0 rings (SSSR count). The van der Waals surface area contributed by atoms with Crippen molar-refractivity contribution in [2.45, 2.75) is 13.8 Å². The minimum Gasteiger partial charge on any atom is -0.394 e. The highest BCUT2D eigenvalue weighted by Crippen LogP contribution is 1.81. The van der Waals surface area contributed by atoms with Crippen molar-refractivity contribution < 1.29 is 14.6 Å². The zero-order chi connectivity index (χ0) is 9.23. The monoisotopic (exact) mass is 175 g/mol. The SMILES string of the molecule is CC(C)=NCOCCOCCO. The zero-order valence-corrected chi connectivity index (χ0v) is 7.75. The van der Waals surface area contributed by atoms with Gasteiger partial charge < -0.3 is 14.6 Å². The maximum Gasteiger partial charge on any atom is 0.137 e. The van der Waals surface area contributed by atoms with Gasteiger partial charge in [-0.05, 0) is 13.8 Å². The number of aliphatic hydroxyl groups excluding tert-OH is 1. The fourth-order valence-corrected chi connectivity index (χ4v) is 0.524. The quantitative estimate of drug-likeness (QED) is 0.451. The Bertz CT molecular complexity index is 121. The Morgan fingerprint density at radius 3 is 2.42 bits per heavy atom. The molecular formula is C8H17NO3. The summed E-state index contributed by atoms with van der Waals surface area (Å²) in [4.78, 5) is 4.03. The van der Waals surface area contributed by atoms with Crippen LogP contribution in [0.5, 0.6) is 0 Å². The molecule has 0 heterocycles. The van der Waals surface area contributed by atoms with E-state index in [0.717, 1.165) is 5.71 Å². The highest BCUT2D eigenvalue weighted by molar-refractivity contribution is 5.78. The Hall–Kier alpha value is -0.450. The largest absolute Gasteiger partial charge is 0.394 e. The molecule has 12 heavy (non-hydrogen) atoms. The molecule has 0 aromatic heterocycles. The van der Waals surface area contributed by atoms with Crippen LogP contribution < -0.4 is 0 Å². The maximum absolute atomic E-state index is 8.35. The van der Waals surface area contributed by atoms with Crippen molar-refractivity contribution in [2.24, 2.45) is 4.99 Å². The van der Waals surface area contributed by atoms with E-state index in [1.165, 1.54) is 0 Å². The first kappa shape index (κ1) is 11.6. The van der Waals surface area contributed by atoms with E-state index in [9.17, 15) is 0 Å². The number of rotatable bonds is 7. The second-order valence-corrected chi connectivity index (χ2v) is 2.48. The summed E-state index contributed by atoms with van der Waals surface area (Å²) in [5.74, 6) is 0. The standard InChI is InChI=1S/C8H17NO3/c1-8(2)9-7-12-6-5-11-4-3-10/h10H,3-7H2,1-2H3. The van der Waals surface area contributed by atoms with Crippen LogP contribution in [0, 0.1) is 0 Å². The van der Waals surface area contributed by atoms with Gasteiger partial charge in [-0.15, -0.1) is 0 Å². The lowest BCUT2D eigenvalue weighted by Gasteiger charge is -2.01. The molecule has 4 nitrogen and oxygen atoms in total. The third-order valence-electron chi connectivity index (χ3n) is 1.08. The Kier molecular flexibility index (Phi) is 8.32. The number of hydrogen-bond acceptors (Lipinski definition) is 4. The van der Waals surface area contributed by atoms with Gasteiger partial charge in [-0.25, -0.2) is 0 Å². The van der Waals surface area contributed by atoms with Crippen molar-refractivity contribution in [3.05, 3.63) is 0 Å². The summed E-state index contributed by atoms with van der Waals surface area (Å²) < 4.78 is 10.1. The molecular weight excluding hydrogens is 158 g/mol. The summed E-state index contributed by atoms with van der Waals surface area (Å²) >= 11 is 0. The molecule has 0 fully saturated rings. The molecule has 0 saturated heterocycles. The predicted molar refractivity (Wildman–Crippen MR) is 47.5 cm³/mol. The van der Waals surface area contributed by atoms with Gasteiger partial charge in [0.1, 0.15) is 6.73 Å². The number of aliphatic imine (C=N–C) groups is 1. The van der Waals surface area contributed by atoms with Gasteiger partial charge in [-0.3, -0.25) is 4.99 Å². The minimum absolute atomic E-state index is 0.0617. The summed E-state index contributed by atoms with van der Waals surface area (Å²) in [7, 11) is 0. The van der Waals surface area contributed by atoms with Crippen LogP contribution >= 0.6 is 0 Å². The summed E-state index contributed by atoms with van der Waals surface area (Å²) in [6.07, 6.45) is 0. The molecule has 0 spiro atoms. The molecule has 0 aromatic rings. The van der Waals surface area contributed by atoms with E-state index in [1.54, 1.807) is 0 Å². The average Bonchev–Trinajstić information content (AvgIpc) is 2.02. The van der Waals surface area contributed by atoms with Gasteiger partial charge in [0.15, 0.2) is 0 Å². The van der Waals surface area contributed by atoms with Crippen LogP contribution in [0.15, 0.2) is 4.99 Å². The average molecular weight is 175 g/mol. The number of ether oxygens (including phenoxy) is 2. The second-order valence-electron chi connectivity index (χ2n) is 2.48. The van der Waals surface area contributed by atoms with Gasteiger partial charge in [0, 0.05) is 5.71 Å². The minimum atomic E-state index is 0.0617. The van der Waals surface area contributed by atoms with Crippen LogP contribution in [0.2, 0.25) is 0 Å². The van der Waals surface area contributed by atoms with Crippen LogP contribution in [-0.4, -0.2) is 44.0 Å². The van der Waals surface area contributed by atoms with Gasteiger partial charge in [0.25, 0.3) is 0 Å². The Labute approximate surface area is 73.2 Å². The lowest BCUT2D eigenvalue weighted by atomic mass is 10.5. The van der Waals surface area contributed by atoms with Crippen molar-refractivity contribution in [3.63, 3.8) is 0 Å². The third kappa shape index (κ3) is 9.55. The highest BCUT2D eigenvalue weighted by atomic mass is 16.5. The van der Waals surface area contributed by atoms with Crippen molar-refractivity contribution in [1.29, 1.82) is 0 Å². The van der Waals surface area contributed by atoms with Crippen LogP contribution in [0.3, 0.4) is 0 Å². The molecule has 72 valence electrons. The van der Waals surface area contributed by atoms with Crippen LogP contribution in [0.1, 0.15) is 13.8 Å². The number of hydrogen-bond donors (Lipinski definition) is 1. The number of nitrogens with zero attached hydrogens (tertiary/aromatic N) is 1. The van der Waals surface area contributed by atoms with E-state index in [4.69, 9.17) is 14.6 Å². The smallest absolute Gasteiger partial charge is 0.137 e. The summed E-state index contributed by atoms with van der Waals surface area (Å²) in [5.41, 5.74) is 1.01. The van der Waals surface area contributed by atoms with Crippen molar-refractivity contribution in [1.82, 2.24) is 0 Å². The van der Waals surface area contributed by atoms with Crippen LogP contribution in [0.4, 0.5) is 0 Å². The van der Waals surface area contributed by atoms with Gasteiger partial charge in [-0.2, -0.15) is 0 Å². The maximum atomic E-state index is 8.35. The van der Waals surface area contributed by atoms with Gasteiger partial charge >= 0.3 is 0 Å². The first-order valence-electron chi connectivity index (χ1n) is 4.01. The van der Waals surface area contributed by atoms with Gasteiger partial charge in [0.05, 0.1) is 26.4 Å². The molecule has 1 N–H and O–H groups in total. The first-order valence-corrected chi connectivity index (χ1v) is 4.01. The molecule has 0 atom stereocenters. The van der Waals surface area contributed by atoms with Crippen LogP contribution in [-0.2, 0) is 9.47 Å².